The minimum absolute atomic E-state index is 0.274. The van der Waals surface area contributed by atoms with Gasteiger partial charge in [-0.05, 0) is 77.1 Å². The SMILES string of the molecule is CCc1nn(-c2ccccc2)c(Oc2ccc(C)cc2)c1CN(CC(O)COC(C)(C)C)CC1CC1. The maximum Gasteiger partial charge on any atom is 0.227 e. The number of rotatable bonds is 12. The summed E-state index contributed by atoms with van der Waals surface area (Å²) in [4.78, 5) is 2.35. The predicted molar refractivity (Wildman–Crippen MR) is 144 cm³/mol. The molecule has 1 fully saturated rings. The Kier molecular flexibility index (Phi) is 8.50. The summed E-state index contributed by atoms with van der Waals surface area (Å²) in [6.45, 7) is 12.7. The van der Waals surface area contributed by atoms with Gasteiger partial charge in [-0.15, -0.1) is 0 Å². The maximum atomic E-state index is 10.8. The molecule has 0 saturated heterocycles. The van der Waals surface area contributed by atoms with Crippen LogP contribution >= 0.6 is 0 Å². The fourth-order valence-electron chi connectivity index (χ4n) is 4.28. The van der Waals surface area contributed by atoms with Gasteiger partial charge in [-0.3, -0.25) is 4.90 Å². The zero-order chi connectivity index (χ0) is 25.7. The molecule has 6 nitrogen and oxygen atoms in total. The van der Waals surface area contributed by atoms with E-state index in [2.05, 4.69) is 30.9 Å². The third-order valence-electron chi connectivity index (χ3n) is 6.36. The summed E-state index contributed by atoms with van der Waals surface area (Å²) < 4.78 is 14.3. The molecule has 1 aliphatic rings. The molecule has 1 aromatic heterocycles. The van der Waals surface area contributed by atoms with Crippen molar-refractivity contribution < 1.29 is 14.6 Å². The molecular formula is C30H41N3O3. The number of aromatic nitrogens is 2. The first kappa shape index (κ1) is 26.4. The van der Waals surface area contributed by atoms with Gasteiger partial charge in [-0.2, -0.15) is 5.10 Å². The second-order valence-electron chi connectivity index (χ2n) is 11.0. The molecule has 36 heavy (non-hydrogen) atoms. The number of hydrogen-bond donors (Lipinski definition) is 1. The van der Waals surface area contributed by atoms with E-state index in [4.69, 9.17) is 14.6 Å². The van der Waals surface area contributed by atoms with Gasteiger partial charge >= 0.3 is 0 Å². The Hall–Kier alpha value is -2.67. The summed E-state index contributed by atoms with van der Waals surface area (Å²) in [6.07, 6.45) is 2.74. The Labute approximate surface area is 215 Å². The van der Waals surface area contributed by atoms with Gasteiger partial charge < -0.3 is 14.6 Å². The molecule has 1 heterocycles. The first-order valence-corrected chi connectivity index (χ1v) is 13.2. The lowest BCUT2D eigenvalue weighted by Crippen LogP contribution is -2.37. The molecule has 1 atom stereocenters. The number of aliphatic hydroxyl groups excluding tert-OH is 1. The van der Waals surface area contributed by atoms with Crippen LogP contribution in [0.5, 0.6) is 11.6 Å². The lowest BCUT2D eigenvalue weighted by atomic mass is 10.1. The van der Waals surface area contributed by atoms with Crippen LogP contribution in [0.4, 0.5) is 0 Å². The molecule has 1 saturated carbocycles. The van der Waals surface area contributed by atoms with Crippen LogP contribution in [0.25, 0.3) is 5.69 Å². The number of aliphatic hydroxyl groups is 1. The molecule has 6 heteroatoms. The molecule has 1 aliphatic carbocycles. The van der Waals surface area contributed by atoms with E-state index in [1.807, 2.05) is 67.9 Å². The average molecular weight is 492 g/mol. The van der Waals surface area contributed by atoms with Crippen LogP contribution in [0.2, 0.25) is 0 Å². The van der Waals surface area contributed by atoms with Crippen molar-refractivity contribution in [3.63, 3.8) is 0 Å². The van der Waals surface area contributed by atoms with E-state index in [1.54, 1.807) is 0 Å². The summed E-state index contributed by atoms with van der Waals surface area (Å²) in [5.41, 5.74) is 3.97. The highest BCUT2D eigenvalue weighted by atomic mass is 16.5. The number of hydrogen-bond acceptors (Lipinski definition) is 5. The quantitative estimate of drug-likeness (QED) is 0.341. The highest BCUT2D eigenvalue weighted by molar-refractivity contribution is 5.44. The second kappa shape index (κ2) is 11.6. The number of aryl methyl sites for hydroxylation is 2. The molecule has 2 aromatic carbocycles. The van der Waals surface area contributed by atoms with Gasteiger partial charge in [0.05, 0.1) is 35.3 Å². The van der Waals surface area contributed by atoms with Crippen LogP contribution < -0.4 is 4.74 Å². The van der Waals surface area contributed by atoms with Crippen molar-refractivity contribution in [2.45, 2.75) is 72.1 Å². The third-order valence-corrected chi connectivity index (χ3v) is 6.36. The van der Waals surface area contributed by atoms with Crippen molar-refractivity contribution in [2.24, 2.45) is 5.92 Å². The normalized spacial score (nSPS) is 14.9. The van der Waals surface area contributed by atoms with Gasteiger partial charge in [0.2, 0.25) is 5.88 Å². The maximum absolute atomic E-state index is 10.8. The molecule has 0 radical (unpaired) electrons. The average Bonchev–Trinajstić information content (AvgIpc) is 3.60. The molecule has 0 aliphatic heterocycles. The number of benzene rings is 2. The van der Waals surface area contributed by atoms with Gasteiger partial charge in [-0.1, -0.05) is 42.8 Å². The third kappa shape index (κ3) is 7.42. The van der Waals surface area contributed by atoms with Crippen LogP contribution in [-0.4, -0.2) is 51.2 Å². The van der Waals surface area contributed by atoms with Gasteiger partial charge in [0.25, 0.3) is 0 Å². The molecule has 194 valence electrons. The Morgan fingerprint density at radius 2 is 1.78 bits per heavy atom. The standard InChI is InChI=1S/C30H41N3O3/c1-6-28-27(20-32(18-23-14-15-23)19-25(34)21-35-30(3,4)5)29(36-26-16-12-22(2)13-17-26)33(31-28)24-10-8-7-9-11-24/h7-13,16-17,23,25,34H,6,14-15,18-21H2,1-5H3. The van der Waals surface area contributed by atoms with E-state index < -0.39 is 6.10 Å². The topological polar surface area (TPSA) is 59.8 Å². The Morgan fingerprint density at radius 1 is 1.08 bits per heavy atom. The van der Waals surface area contributed by atoms with Crippen LogP contribution in [0, 0.1) is 12.8 Å². The number of ether oxygens (including phenoxy) is 2. The van der Waals surface area contributed by atoms with Crippen LogP contribution in [-0.2, 0) is 17.7 Å². The molecule has 0 bridgehead atoms. The molecule has 1 N–H and O–H groups in total. The zero-order valence-corrected chi connectivity index (χ0v) is 22.4. The Bertz CT molecular complexity index is 1100. The largest absolute Gasteiger partial charge is 0.439 e. The van der Waals surface area contributed by atoms with Crippen LogP contribution in [0.3, 0.4) is 0 Å². The van der Waals surface area contributed by atoms with E-state index in [9.17, 15) is 5.11 Å². The molecule has 0 amide bonds. The summed E-state index contributed by atoms with van der Waals surface area (Å²) in [6, 6.07) is 18.3. The Balaban J connectivity index is 1.65. The van der Waals surface area contributed by atoms with Crippen molar-refractivity contribution in [1.82, 2.24) is 14.7 Å². The monoisotopic (exact) mass is 491 g/mol. The predicted octanol–water partition coefficient (Wildman–Crippen LogP) is 5.92. The van der Waals surface area contributed by atoms with Gasteiger partial charge in [0.15, 0.2) is 0 Å². The van der Waals surface area contributed by atoms with Crippen molar-refractivity contribution >= 4 is 0 Å². The summed E-state index contributed by atoms with van der Waals surface area (Å²) in [7, 11) is 0. The van der Waals surface area contributed by atoms with Gasteiger partial charge in [-0.25, -0.2) is 4.68 Å². The van der Waals surface area contributed by atoms with E-state index in [-0.39, 0.29) is 5.60 Å². The van der Waals surface area contributed by atoms with E-state index >= 15 is 0 Å². The fourth-order valence-corrected chi connectivity index (χ4v) is 4.28. The highest BCUT2D eigenvalue weighted by Gasteiger charge is 2.29. The minimum Gasteiger partial charge on any atom is -0.439 e. The molecule has 1 unspecified atom stereocenters. The summed E-state index contributed by atoms with van der Waals surface area (Å²) in [5, 5.41) is 15.8. The first-order valence-electron chi connectivity index (χ1n) is 13.2. The number of nitrogens with zero attached hydrogens (tertiary/aromatic N) is 3. The smallest absolute Gasteiger partial charge is 0.227 e. The van der Waals surface area contributed by atoms with Gasteiger partial charge in [0.1, 0.15) is 5.75 Å². The van der Waals surface area contributed by atoms with E-state index in [0.29, 0.717) is 25.6 Å². The summed E-state index contributed by atoms with van der Waals surface area (Å²) >= 11 is 0. The zero-order valence-electron chi connectivity index (χ0n) is 22.4. The first-order chi connectivity index (χ1) is 17.2. The molecule has 4 rings (SSSR count). The van der Waals surface area contributed by atoms with E-state index in [1.165, 1.54) is 18.4 Å². The van der Waals surface area contributed by atoms with E-state index in [0.717, 1.165) is 41.5 Å². The van der Waals surface area contributed by atoms with Crippen molar-refractivity contribution in [1.29, 1.82) is 0 Å². The van der Waals surface area contributed by atoms with Crippen LogP contribution in [0.15, 0.2) is 54.6 Å². The minimum atomic E-state index is -0.557. The summed E-state index contributed by atoms with van der Waals surface area (Å²) in [5.74, 6) is 2.22. The lowest BCUT2D eigenvalue weighted by molar-refractivity contribution is -0.0569. The number of para-hydroxylation sites is 1. The van der Waals surface area contributed by atoms with Crippen molar-refractivity contribution in [2.75, 3.05) is 19.7 Å². The molecule has 0 spiro atoms. The van der Waals surface area contributed by atoms with Crippen molar-refractivity contribution in [3.05, 3.63) is 71.4 Å². The second-order valence-corrected chi connectivity index (χ2v) is 11.0. The highest BCUT2D eigenvalue weighted by Crippen LogP contribution is 2.34. The van der Waals surface area contributed by atoms with Crippen molar-refractivity contribution in [3.8, 4) is 17.3 Å². The Morgan fingerprint density at radius 3 is 2.39 bits per heavy atom. The fraction of sp³-hybridized carbons (Fsp3) is 0.500. The molecular weight excluding hydrogens is 450 g/mol. The molecule has 3 aromatic rings. The van der Waals surface area contributed by atoms with Gasteiger partial charge in [0, 0.05) is 19.6 Å². The lowest BCUT2D eigenvalue weighted by Gasteiger charge is -2.27. The van der Waals surface area contributed by atoms with Crippen LogP contribution in [0.1, 0.15) is 57.4 Å².